The smallest absolute Gasteiger partial charge is 0.252 e. The highest BCUT2D eigenvalue weighted by molar-refractivity contribution is 6.02. The summed E-state index contributed by atoms with van der Waals surface area (Å²) in [5.74, 6) is -0.912. The summed E-state index contributed by atoms with van der Waals surface area (Å²) in [4.78, 5) is 12.1. The number of aliphatic hydroxyl groups excluding tert-OH is 1. The van der Waals surface area contributed by atoms with Crippen LogP contribution in [0.5, 0.6) is 0 Å². The summed E-state index contributed by atoms with van der Waals surface area (Å²) < 4.78 is 20.5. The Bertz CT molecular complexity index is 1090. The van der Waals surface area contributed by atoms with Gasteiger partial charge in [0, 0.05) is 30.3 Å². The minimum Gasteiger partial charge on any atom is -0.390 e. The number of aliphatic hydroxyl groups is 1. The summed E-state index contributed by atoms with van der Waals surface area (Å²) in [5, 5.41) is 18.2. The van der Waals surface area contributed by atoms with Gasteiger partial charge in [-0.2, -0.15) is 5.10 Å². The molecule has 1 aliphatic rings. The maximum absolute atomic E-state index is 13.3. The maximum Gasteiger partial charge on any atom is 0.252 e. The average molecular weight is 412 g/mol. The number of nitrogens with one attached hydrogen (secondary N) is 1. The van der Waals surface area contributed by atoms with Crippen LogP contribution < -0.4 is 11.1 Å². The van der Waals surface area contributed by atoms with Crippen LogP contribution in [0.25, 0.3) is 16.6 Å². The Kier molecular flexibility index (Phi) is 4.99. The molecule has 8 heteroatoms. The van der Waals surface area contributed by atoms with Gasteiger partial charge in [0.15, 0.2) is 0 Å². The predicted octanol–water partition coefficient (Wildman–Crippen LogP) is 2.83. The van der Waals surface area contributed by atoms with Crippen molar-refractivity contribution in [1.29, 1.82) is 0 Å². The molecule has 3 atom stereocenters. The van der Waals surface area contributed by atoms with Gasteiger partial charge in [0.25, 0.3) is 5.91 Å². The summed E-state index contributed by atoms with van der Waals surface area (Å²) in [7, 11) is 1.58. The van der Waals surface area contributed by atoms with Crippen molar-refractivity contribution in [2.45, 2.75) is 38.5 Å². The molecule has 158 valence electrons. The number of carbonyl (C=O) groups excluding carboxylic acids is 1. The molecule has 4 N–H and O–H groups in total. The minimum atomic E-state index is -0.626. The minimum absolute atomic E-state index is 0.161. The zero-order valence-corrected chi connectivity index (χ0v) is 17.1. The predicted molar refractivity (Wildman–Crippen MR) is 112 cm³/mol. The van der Waals surface area contributed by atoms with E-state index in [-0.39, 0.29) is 23.5 Å². The zero-order valence-electron chi connectivity index (χ0n) is 17.1. The van der Waals surface area contributed by atoms with E-state index in [2.05, 4.69) is 10.4 Å². The molecule has 1 aliphatic carbocycles. The number of hydrogen-bond acceptors (Lipinski definition) is 5. The Hall–Kier alpha value is -2.97. The van der Waals surface area contributed by atoms with Crippen LogP contribution in [-0.4, -0.2) is 46.0 Å². The fourth-order valence-corrected chi connectivity index (χ4v) is 4.44. The highest BCUT2D eigenvalue weighted by Gasteiger charge is 2.49. The van der Waals surface area contributed by atoms with E-state index in [9.17, 15) is 14.3 Å². The molecule has 0 unspecified atom stereocenters. The van der Waals surface area contributed by atoms with E-state index >= 15 is 0 Å². The number of nitrogens with two attached hydrogens (primary N) is 1. The maximum atomic E-state index is 13.3. The number of primary amides is 1. The fourth-order valence-electron chi connectivity index (χ4n) is 4.44. The molecule has 0 bridgehead atoms. The van der Waals surface area contributed by atoms with Gasteiger partial charge < -0.3 is 20.9 Å². The first-order chi connectivity index (χ1) is 14.2. The second kappa shape index (κ2) is 7.37. The van der Waals surface area contributed by atoms with Crippen molar-refractivity contribution in [2.24, 2.45) is 11.1 Å². The highest BCUT2D eigenvalue weighted by atomic mass is 19.1. The Morgan fingerprint density at radius 3 is 2.63 bits per heavy atom. The molecule has 1 fully saturated rings. The second-order valence-corrected chi connectivity index (χ2v) is 8.34. The van der Waals surface area contributed by atoms with E-state index in [0.29, 0.717) is 17.6 Å². The number of halogens is 1. The van der Waals surface area contributed by atoms with Crippen molar-refractivity contribution in [2.75, 3.05) is 12.4 Å². The zero-order chi connectivity index (χ0) is 21.6. The summed E-state index contributed by atoms with van der Waals surface area (Å²) in [5.41, 5.74) is 8.35. The number of rotatable bonds is 5. The van der Waals surface area contributed by atoms with Crippen molar-refractivity contribution in [3.8, 4) is 11.1 Å². The number of ether oxygens (including phenoxy) is 1. The summed E-state index contributed by atoms with van der Waals surface area (Å²) in [6.45, 7) is 4.03. The van der Waals surface area contributed by atoms with Crippen molar-refractivity contribution in [3.05, 3.63) is 54.1 Å². The topological polar surface area (TPSA) is 102 Å². The molecule has 4 rings (SSSR count). The second-order valence-electron chi connectivity index (χ2n) is 8.34. The summed E-state index contributed by atoms with van der Waals surface area (Å²) >= 11 is 0. The van der Waals surface area contributed by atoms with Gasteiger partial charge in [0.2, 0.25) is 0 Å². The molecule has 1 amide bonds. The van der Waals surface area contributed by atoms with Crippen molar-refractivity contribution < 1.29 is 19.0 Å². The normalized spacial score (nSPS) is 23.0. The Labute approximate surface area is 173 Å². The first-order valence-corrected chi connectivity index (χ1v) is 9.77. The van der Waals surface area contributed by atoms with Gasteiger partial charge in [0.1, 0.15) is 5.82 Å². The molecule has 30 heavy (non-hydrogen) atoms. The lowest BCUT2D eigenvalue weighted by atomic mass is 9.84. The number of nitrogens with zero attached hydrogens (tertiary/aromatic N) is 2. The van der Waals surface area contributed by atoms with Gasteiger partial charge >= 0.3 is 0 Å². The number of fused-ring (bicyclic) bond motifs is 1. The number of amides is 1. The monoisotopic (exact) mass is 412 g/mol. The fraction of sp³-hybridized carbons (Fsp3) is 0.364. The lowest BCUT2D eigenvalue weighted by Gasteiger charge is -2.33. The number of aromatic nitrogens is 2. The molecule has 2 aromatic heterocycles. The van der Waals surface area contributed by atoms with E-state index in [1.807, 2.05) is 26.1 Å². The van der Waals surface area contributed by atoms with Gasteiger partial charge in [0.05, 0.1) is 35.2 Å². The quantitative estimate of drug-likeness (QED) is 0.598. The number of anilines is 1. The summed E-state index contributed by atoms with van der Waals surface area (Å²) in [6.07, 6.45) is 2.73. The Morgan fingerprint density at radius 1 is 1.33 bits per heavy atom. The van der Waals surface area contributed by atoms with E-state index in [0.717, 1.165) is 11.1 Å². The molecule has 0 radical (unpaired) electrons. The molecule has 3 aromatic rings. The van der Waals surface area contributed by atoms with E-state index in [1.54, 1.807) is 23.8 Å². The molecule has 7 nitrogen and oxygen atoms in total. The van der Waals surface area contributed by atoms with E-state index in [4.69, 9.17) is 10.5 Å². The van der Waals surface area contributed by atoms with Gasteiger partial charge in [-0.05, 0) is 30.2 Å². The SMILES string of the molecule is CO[C@@H]1[C@H](O)C[C@@H](Nc2c(C(N)=O)cnn3cc(-c4ccc(F)cc4)cc23)C1(C)C. The van der Waals surface area contributed by atoms with Crippen molar-refractivity contribution in [1.82, 2.24) is 9.61 Å². The summed E-state index contributed by atoms with van der Waals surface area (Å²) in [6, 6.07) is 7.88. The van der Waals surface area contributed by atoms with Crippen LogP contribution in [0, 0.1) is 11.2 Å². The first-order valence-electron chi connectivity index (χ1n) is 9.77. The third-order valence-corrected chi connectivity index (χ3v) is 6.11. The van der Waals surface area contributed by atoms with Crippen molar-refractivity contribution in [3.63, 3.8) is 0 Å². The number of hydrogen-bond donors (Lipinski definition) is 3. The average Bonchev–Trinajstić information content (AvgIpc) is 3.21. The van der Waals surface area contributed by atoms with Crippen LogP contribution in [0.3, 0.4) is 0 Å². The molecule has 0 saturated heterocycles. The first kappa shape index (κ1) is 20.3. The van der Waals surface area contributed by atoms with Gasteiger partial charge in [-0.15, -0.1) is 0 Å². The lowest BCUT2D eigenvalue weighted by Crippen LogP contribution is -2.40. The molecule has 0 spiro atoms. The van der Waals surface area contributed by atoms with Crippen LogP contribution in [0.15, 0.2) is 42.7 Å². The van der Waals surface area contributed by atoms with Crippen LogP contribution in [0.2, 0.25) is 0 Å². The molecule has 1 aromatic carbocycles. The number of carbonyl (C=O) groups is 1. The third kappa shape index (κ3) is 3.32. The lowest BCUT2D eigenvalue weighted by molar-refractivity contribution is -0.0394. The highest BCUT2D eigenvalue weighted by Crippen LogP contribution is 2.42. The number of benzene rings is 1. The third-order valence-electron chi connectivity index (χ3n) is 6.11. The van der Waals surface area contributed by atoms with Gasteiger partial charge in [-0.1, -0.05) is 26.0 Å². The molecular weight excluding hydrogens is 387 g/mol. The van der Waals surface area contributed by atoms with Crippen LogP contribution in [0.1, 0.15) is 30.6 Å². The molecule has 0 aliphatic heterocycles. The standard InChI is InChI=1S/C22H25FN4O3/c1-22(2)18(9-17(28)20(22)30-3)26-19-15(21(24)29)10-25-27-11-13(8-16(19)27)12-4-6-14(23)7-5-12/h4-8,10-11,17-18,20,26,28H,9H2,1-3H3,(H2,24,29)/t17-,18-,20-/m1/s1. The van der Waals surface area contributed by atoms with E-state index in [1.165, 1.54) is 18.3 Å². The van der Waals surface area contributed by atoms with Gasteiger partial charge in [-0.25, -0.2) is 8.91 Å². The van der Waals surface area contributed by atoms with Crippen molar-refractivity contribution >= 4 is 17.1 Å². The van der Waals surface area contributed by atoms with Crippen LogP contribution in [0.4, 0.5) is 10.1 Å². The largest absolute Gasteiger partial charge is 0.390 e. The molecule has 1 saturated carbocycles. The van der Waals surface area contributed by atoms with Crippen LogP contribution >= 0.6 is 0 Å². The molecule has 2 heterocycles. The number of methoxy groups -OCH3 is 1. The van der Waals surface area contributed by atoms with Gasteiger partial charge in [-0.3, -0.25) is 4.79 Å². The van der Waals surface area contributed by atoms with E-state index < -0.39 is 17.4 Å². The Morgan fingerprint density at radius 2 is 2.03 bits per heavy atom. The molecular formula is C22H25FN4O3. The van der Waals surface area contributed by atoms with Crippen LogP contribution in [-0.2, 0) is 4.74 Å². The Balaban J connectivity index is 1.80.